The van der Waals surface area contributed by atoms with Crippen molar-refractivity contribution in [3.63, 3.8) is 0 Å². The fourth-order valence-corrected chi connectivity index (χ4v) is 0. The Morgan fingerprint density at radius 1 is 1.00 bits per heavy atom. The van der Waals surface area contributed by atoms with Crippen LogP contribution in [0.2, 0.25) is 0 Å². The van der Waals surface area contributed by atoms with E-state index in [1.807, 2.05) is 0 Å². The van der Waals surface area contributed by atoms with Crippen molar-refractivity contribution in [3.8, 4) is 0 Å². The van der Waals surface area contributed by atoms with Crippen LogP contribution in [0.25, 0.3) is 0 Å². The molecule has 0 aromatic heterocycles. The average molecular weight is 164 g/mol. The van der Waals surface area contributed by atoms with Crippen LogP contribution >= 0.6 is 9.90 Å². The standard InChI is InChI=1S/Al.B.H3P.Zr.H/h;;1H3;;. The van der Waals surface area contributed by atoms with Crippen LogP contribution in [0.5, 0.6) is 0 Å². The smallest absolute Gasteiger partial charge is 0.0854 e. The fraction of sp³-hybridized carbons (Fsp3) is 0. The summed E-state index contributed by atoms with van der Waals surface area (Å²) in [6.45, 7) is 0. The van der Waals surface area contributed by atoms with Gasteiger partial charge in [-0.25, -0.2) is 0 Å². The van der Waals surface area contributed by atoms with E-state index in [0.29, 0.717) is 0 Å². The molecule has 0 rings (SSSR count). The SMILES string of the molecule is P.[AlH].[B].[Zr]. The summed E-state index contributed by atoms with van der Waals surface area (Å²) in [5.41, 5.74) is 0. The quantitative estimate of drug-likeness (QED) is 0.319. The third-order valence-corrected chi connectivity index (χ3v) is 0. The molecule has 1 atom stereocenters. The summed E-state index contributed by atoms with van der Waals surface area (Å²) in [6, 6.07) is 0. The molecule has 4 heavy (non-hydrogen) atoms. The van der Waals surface area contributed by atoms with Crippen molar-refractivity contribution >= 4 is 35.7 Å². The van der Waals surface area contributed by atoms with Crippen LogP contribution in [0.15, 0.2) is 0 Å². The summed E-state index contributed by atoms with van der Waals surface area (Å²) in [5.74, 6) is 0. The van der Waals surface area contributed by atoms with E-state index in [1.54, 1.807) is 0 Å². The van der Waals surface area contributed by atoms with Crippen LogP contribution in [0.3, 0.4) is 0 Å². The fourth-order valence-electron chi connectivity index (χ4n) is 0. The third kappa shape index (κ3) is 9.08. The van der Waals surface area contributed by atoms with Gasteiger partial charge < -0.3 is 0 Å². The molecule has 1 unspecified atom stereocenters. The molecule has 0 aliphatic carbocycles. The predicted molar refractivity (Wildman–Crippen MR) is 24.0 cm³/mol. The normalized spacial score (nSPS) is 0. The van der Waals surface area contributed by atoms with Crippen LogP contribution in [0, 0.1) is 0 Å². The molecular formula is H4AlBPZr. The van der Waals surface area contributed by atoms with Gasteiger partial charge in [-0.05, 0) is 0 Å². The van der Waals surface area contributed by atoms with Crippen LogP contribution < -0.4 is 0 Å². The van der Waals surface area contributed by atoms with E-state index in [0.717, 1.165) is 0 Å². The molecule has 0 aromatic rings. The second kappa shape index (κ2) is 20.6. The van der Waals surface area contributed by atoms with Crippen LogP contribution in [0.1, 0.15) is 0 Å². The van der Waals surface area contributed by atoms with Crippen molar-refractivity contribution in [2.75, 3.05) is 0 Å². The summed E-state index contributed by atoms with van der Waals surface area (Å²) in [5, 5.41) is 0. The number of hydrogen-bond donors (Lipinski definition) is 0. The summed E-state index contributed by atoms with van der Waals surface area (Å²) in [6.07, 6.45) is 0. The van der Waals surface area contributed by atoms with E-state index in [1.165, 1.54) is 0 Å². The van der Waals surface area contributed by atoms with Crippen molar-refractivity contribution in [1.29, 1.82) is 0 Å². The van der Waals surface area contributed by atoms with Crippen molar-refractivity contribution in [3.05, 3.63) is 0 Å². The van der Waals surface area contributed by atoms with Gasteiger partial charge in [0, 0.05) is 34.6 Å². The Morgan fingerprint density at radius 2 is 1.00 bits per heavy atom. The summed E-state index contributed by atoms with van der Waals surface area (Å²) in [7, 11) is 0. The van der Waals surface area contributed by atoms with E-state index < -0.39 is 0 Å². The van der Waals surface area contributed by atoms with E-state index in [9.17, 15) is 0 Å². The molecule has 0 saturated heterocycles. The van der Waals surface area contributed by atoms with Gasteiger partial charge in [0.2, 0.25) is 0 Å². The molecule has 0 aromatic carbocycles. The topological polar surface area (TPSA) is 0 Å². The van der Waals surface area contributed by atoms with Gasteiger partial charge in [-0.1, -0.05) is 0 Å². The molecule has 0 amide bonds. The second-order valence-electron chi connectivity index (χ2n) is 0. The molecule has 5 radical (unpaired) electrons. The molecule has 0 spiro atoms. The maximum atomic E-state index is 0. The molecule has 19 valence electrons. The van der Waals surface area contributed by atoms with Crippen molar-refractivity contribution in [2.45, 2.75) is 0 Å². The van der Waals surface area contributed by atoms with Crippen LogP contribution in [0.4, 0.5) is 0 Å². The molecule has 0 aliphatic heterocycles. The van der Waals surface area contributed by atoms with E-state index in [4.69, 9.17) is 0 Å². The Kier molecular flexibility index (Phi) is 201. The van der Waals surface area contributed by atoms with Gasteiger partial charge in [-0.15, -0.1) is 0 Å². The number of hydrogen-bond acceptors (Lipinski definition) is 0. The van der Waals surface area contributed by atoms with Gasteiger partial charge in [0.05, 0.1) is 17.4 Å². The third-order valence-electron chi connectivity index (χ3n) is 0. The Labute approximate surface area is 61.6 Å². The van der Waals surface area contributed by atoms with Crippen molar-refractivity contribution in [1.82, 2.24) is 0 Å². The van der Waals surface area contributed by atoms with Gasteiger partial charge in [-0.2, -0.15) is 9.90 Å². The largest absolute Gasteiger partial charge is 0.153 e. The molecule has 0 nitrogen and oxygen atoms in total. The maximum absolute atomic E-state index is 0. The minimum absolute atomic E-state index is 0. The van der Waals surface area contributed by atoms with E-state index in [-0.39, 0.29) is 61.9 Å². The first-order chi connectivity index (χ1) is 0. The van der Waals surface area contributed by atoms with E-state index >= 15 is 0 Å². The average Bonchev–Trinajstić information content (AvgIpc) is 0. The van der Waals surface area contributed by atoms with Gasteiger partial charge in [0.1, 0.15) is 0 Å². The Balaban J connectivity index is 0. The van der Waals surface area contributed by atoms with Gasteiger partial charge in [0.25, 0.3) is 0 Å². The Morgan fingerprint density at radius 3 is 1.00 bits per heavy atom. The Hall–Kier alpha value is 1.91. The minimum Gasteiger partial charge on any atom is -0.153 e. The zero-order chi connectivity index (χ0) is 0. The minimum atomic E-state index is 0. The molecule has 0 N–H and O–H groups in total. The molecule has 0 aliphatic rings. The molecular weight excluding hydrogens is 160 g/mol. The first-order valence-corrected chi connectivity index (χ1v) is 0. The van der Waals surface area contributed by atoms with Crippen LogP contribution in [-0.4, -0.2) is 25.8 Å². The monoisotopic (exact) mass is 163 g/mol. The van der Waals surface area contributed by atoms with Crippen molar-refractivity contribution in [2.24, 2.45) is 0 Å². The van der Waals surface area contributed by atoms with Crippen LogP contribution in [-0.2, 0) is 26.2 Å². The molecule has 4 heteroatoms. The molecule has 0 heterocycles. The summed E-state index contributed by atoms with van der Waals surface area (Å²) in [4.78, 5) is 0. The molecule has 0 bridgehead atoms. The molecule has 0 fully saturated rings. The second-order valence-corrected chi connectivity index (χ2v) is 0. The Bertz CT molecular complexity index is 8.00. The van der Waals surface area contributed by atoms with Gasteiger partial charge >= 0.3 is 0 Å². The first kappa shape index (κ1) is 39.0. The molecule has 0 saturated carbocycles. The maximum Gasteiger partial charge on any atom is 0.0854 e. The van der Waals surface area contributed by atoms with Crippen molar-refractivity contribution < 1.29 is 26.2 Å². The summed E-state index contributed by atoms with van der Waals surface area (Å²) < 4.78 is 0. The zero-order valence-corrected chi connectivity index (χ0v) is 7.78. The zero-order valence-electron chi connectivity index (χ0n) is 2.49. The number of rotatable bonds is 0. The summed E-state index contributed by atoms with van der Waals surface area (Å²) >= 11 is 0. The predicted octanol–water partition coefficient (Wildman–Crippen LogP) is -0.974. The first-order valence-electron chi connectivity index (χ1n) is 0. The van der Waals surface area contributed by atoms with E-state index in [2.05, 4.69) is 0 Å². The van der Waals surface area contributed by atoms with Gasteiger partial charge in [0.15, 0.2) is 0 Å². The van der Waals surface area contributed by atoms with Gasteiger partial charge in [-0.3, -0.25) is 0 Å².